The van der Waals surface area contributed by atoms with Gasteiger partial charge >= 0.3 is 5.97 Å². The summed E-state index contributed by atoms with van der Waals surface area (Å²) in [7, 11) is 0. The Hall–Kier alpha value is -2.47. The standard InChI is InChI=1S/C21H22ClFN2O3/c22-19-12-16(10-11-24-19)21(27)28-14-20(26)25(18-4-2-1-3-5-18)13-15-6-8-17(23)9-7-15/h6-12,18H,1-5,13-14H2. The molecule has 1 heterocycles. The molecule has 1 aromatic carbocycles. The highest BCUT2D eigenvalue weighted by molar-refractivity contribution is 6.29. The number of rotatable bonds is 6. The van der Waals surface area contributed by atoms with E-state index in [9.17, 15) is 14.0 Å². The first kappa shape index (κ1) is 20.3. The molecule has 1 aromatic heterocycles. The monoisotopic (exact) mass is 404 g/mol. The fraction of sp³-hybridized carbons (Fsp3) is 0.381. The average molecular weight is 405 g/mol. The zero-order valence-corrected chi connectivity index (χ0v) is 16.2. The van der Waals surface area contributed by atoms with Crippen LogP contribution in [0.15, 0.2) is 42.6 Å². The van der Waals surface area contributed by atoms with Gasteiger partial charge in [0.2, 0.25) is 0 Å². The van der Waals surface area contributed by atoms with E-state index < -0.39 is 5.97 Å². The number of pyridine rings is 1. The lowest BCUT2D eigenvalue weighted by molar-refractivity contribution is -0.138. The lowest BCUT2D eigenvalue weighted by atomic mass is 9.93. The van der Waals surface area contributed by atoms with E-state index in [2.05, 4.69) is 4.98 Å². The molecule has 0 bridgehead atoms. The van der Waals surface area contributed by atoms with E-state index >= 15 is 0 Å². The van der Waals surface area contributed by atoms with Gasteiger partial charge in [0.1, 0.15) is 11.0 Å². The molecule has 3 rings (SSSR count). The smallest absolute Gasteiger partial charge is 0.338 e. The maximum Gasteiger partial charge on any atom is 0.338 e. The largest absolute Gasteiger partial charge is 0.452 e. The van der Waals surface area contributed by atoms with E-state index in [1.165, 1.54) is 30.5 Å². The second kappa shape index (κ2) is 9.64. The minimum Gasteiger partial charge on any atom is -0.452 e. The Morgan fingerprint density at radius 2 is 1.86 bits per heavy atom. The van der Waals surface area contributed by atoms with Crippen LogP contribution in [-0.2, 0) is 16.1 Å². The first-order chi connectivity index (χ1) is 13.5. The summed E-state index contributed by atoms with van der Waals surface area (Å²) in [6.07, 6.45) is 6.53. The molecule has 0 N–H and O–H groups in total. The fourth-order valence-corrected chi connectivity index (χ4v) is 3.60. The quantitative estimate of drug-likeness (QED) is 0.529. The maximum atomic E-state index is 13.2. The molecular weight excluding hydrogens is 383 g/mol. The number of halogens is 2. The maximum absolute atomic E-state index is 13.2. The van der Waals surface area contributed by atoms with Crippen LogP contribution in [0.1, 0.15) is 48.0 Å². The summed E-state index contributed by atoms with van der Waals surface area (Å²) in [4.78, 5) is 30.6. The Morgan fingerprint density at radius 1 is 1.14 bits per heavy atom. The van der Waals surface area contributed by atoms with Crippen molar-refractivity contribution >= 4 is 23.5 Å². The first-order valence-corrected chi connectivity index (χ1v) is 9.73. The molecule has 0 aliphatic heterocycles. The molecule has 0 radical (unpaired) electrons. The molecule has 1 aliphatic rings. The Morgan fingerprint density at radius 3 is 2.54 bits per heavy atom. The van der Waals surface area contributed by atoms with E-state index in [1.54, 1.807) is 17.0 Å². The zero-order valence-electron chi connectivity index (χ0n) is 15.4. The molecule has 0 unspecified atom stereocenters. The molecule has 28 heavy (non-hydrogen) atoms. The number of carbonyl (C=O) groups excluding carboxylic acids is 2. The average Bonchev–Trinajstić information content (AvgIpc) is 2.72. The Labute approximate surface area is 168 Å². The summed E-state index contributed by atoms with van der Waals surface area (Å²) >= 11 is 5.78. The van der Waals surface area contributed by atoms with Crippen LogP contribution in [0.2, 0.25) is 5.15 Å². The van der Waals surface area contributed by atoms with Gasteiger partial charge in [0, 0.05) is 18.8 Å². The predicted molar refractivity (Wildman–Crippen MR) is 103 cm³/mol. The molecule has 2 aromatic rings. The van der Waals surface area contributed by atoms with Crippen molar-refractivity contribution in [1.29, 1.82) is 0 Å². The highest BCUT2D eigenvalue weighted by Crippen LogP contribution is 2.24. The van der Waals surface area contributed by atoms with Crippen molar-refractivity contribution in [3.8, 4) is 0 Å². The molecule has 5 nitrogen and oxygen atoms in total. The number of aromatic nitrogens is 1. The second-order valence-electron chi connectivity index (χ2n) is 6.88. The number of benzene rings is 1. The molecular formula is C21H22ClFN2O3. The van der Waals surface area contributed by atoms with Crippen molar-refractivity contribution < 1.29 is 18.7 Å². The van der Waals surface area contributed by atoms with E-state index in [0.29, 0.717) is 6.54 Å². The van der Waals surface area contributed by atoms with Crippen LogP contribution in [0.4, 0.5) is 4.39 Å². The molecule has 1 amide bonds. The van der Waals surface area contributed by atoms with Gasteiger partial charge in [-0.25, -0.2) is 14.2 Å². The number of hydrogen-bond acceptors (Lipinski definition) is 4. The summed E-state index contributed by atoms with van der Waals surface area (Å²) in [6.45, 7) is 0.0128. The molecule has 7 heteroatoms. The summed E-state index contributed by atoms with van der Waals surface area (Å²) in [5.74, 6) is -1.20. The number of amides is 1. The van der Waals surface area contributed by atoms with Gasteiger partial charge in [-0.2, -0.15) is 0 Å². The van der Waals surface area contributed by atoms with Gasteiger partial charge in [-0.1, -0.05) is 43.0 Å². The second-order valence-corrected chi connectivity index (χ2v) is 7.27. The van der Waals surface area contributed by atoms with Crippen molar-refractivity contribution in [1.82, 2.24) is 9.88 Å². The molecule has 0 saturated heterocycles. The number of hydrogen-bond donors (Lipinski definition) is 0. The SMILES string of the molecule is O=C(OCC(=O)N(Cc1ccc(F)cc1)C1CCCCC1)c1ccnc(Cl)c1. The summed E-state index contributed by atoms with van der Waals surface area (Å²) in [5.41, 5.74) is 1.09. The lowest BCUT2D eigenvalue weighted by Crippen LogP contribution is -2.43. The van der Waals surface area contributed by atoms with Crippen molar-refractivity contribution in [3.05, 3.63) is 64.7 Å². The lowest BCUT2D eigenvalue weighted by Gasteiger charge is -2.34. The zero-order chi connectivity index (χ0) is 19.9. The minimum absolute atomic E-state index is 0.0976. The first-order valence-electron chi connectivity index (χ1n) is 9.35. The highest BCUT2D eigenvalue weighted by Gasteiger charge is 2.26. The predicted octanol–water partition coefficient (Wildman–Crippen LogP) is 4.39. The van der Waals surface area contributed by atoms with Crippen LogP contribution in [0, 0.1) is 5.82 Å². The highest BCUT2D eigenvalue weighted by atomic mass is 35.5. The van der Waals surface area contributed by atoms with Gasteiger partial charge in [-0.05, 0) is 42.7 Å². The van der Waals surface area contributed by atoms with E-state index in [0.717, 1.165) is 37.7 Å². The number of nitrogens with zero attached hydrogens (tertiary/aromatic N) is 2. The number of carbonyl (C=O) groups is 2. The van der Waals surface area contributed by atoms with Crippen LogP contribution in [-0.4, -0.2) is 34.4 Å². The summed E-state index contributed by atoms with van der Waals surface area (Å²) < 4.78 is 18.4. The minimum atomic E-state index is -0.622. The molecule has 1 aliphatic carbocycles. The Kier molecular flexibility index (Phi) is 6.98. The third-order valence-electron chi connectivity index (χ3n) is 4.89. The van der Waals surface area contributed by atoms with Crippen molar-refractivity contribution in [3.63, 3.8) is 0 Å². The van der Waals surface area contributed by atoms with Crippen molar-refractivity contribution in [2.75, 3.05) is 6.61 Å². The van der Waals surface area contributed by atoms with Crippen LogP contribution >= 0.6 is 11.6 Å². The third kappa shape index (κ3) is 5.52. The van der Waals surface area contributed by atoms with Crippen LogP contribution in [0.25, 0.3) is 0 Å². The summed E-state index contributed by atoms with van der Waals surface area (Å²) in [6, 6.07) is 9.08. The fourth-order valence-electron chi connectivity index (χ4n) is 3.42. The third-order valence-corrected chi connectivity index (χ3v) is 5.10. The van der Waals surface area contributed by atoms with E-state index in [1.807, 2.05) is 0 Å². The van der Waals surface area contributed by atoms with E-state index in [-0.39, 0.29) is 35.1 Å². The van der Waals surface area contributed by atoms with Crippen LogP contribution in [0.3, 0.4) is 0 Å². The van der Waals surface area contributed by atoms with Crippen LogP contribution in [0.5, 0.6) is 0 Å². The molecule has 1 saturated carbocycles. The van der Waals surface area contributed by atoms with Gasteiger partial charge in [-0.15, -0.1) is 0 Å². The molecule has 0 atom stereocenters. The Balaban J connectivity index is 1.67. The van der Waals surface area contributed by atoms with Gasteiger partial charge in [-0.3, -0.25) is 4.79 Å². The van der Waals surface area contributed by atoms with Gasteiger partial charge < -0.3 is 9.64 Å². The van der Waals surface area contributed by atoms with Gasteiger partial charge in [0.05, 0.1) is 5.56 Å². The number of ether oxygens (including phenoxy) is 1. The van der Waals surface area contributed by atoms with Crippen molar-refractivity contribution in [2.24, 2.45) is 0 Å². The topological polar surface area (TPSA) is 59.5 Å². The Bertz CT molecular complexity index is 823. The van der Waals surface area contributed by atoms with Gasteiger partial charge in [0.15, 0.2) is 6.61 Å². The molecule has 0 spiro atoms. The van der Waals surface area contributed by atoms with Crippen LogP contribution < -0.4 is 0 Å². The summed E-state index contributed by atoms with van der Waals surface area (Å²) in [5, 5.41) is 0.181. The molecule has 148 valence electrons. The van der Waals surface area contributed by atoms with E-state index in [4.69, 9.17) is 16.3 Å². The number of esters is 1. The molecule has 1 fully saturated rings. The van der Waals surface area contributed by atoms with Crippen molar-refractivity contribution in [2.45, 2.75) is 44.7 Å². The normalized spacial score (nSPS) is 14.5. The van der Waals surface area contributed by atoms with Gasteiger partial charge in [0.25, 0.3) is 5.91 Å².